The van der Waals surface area contributed by atoms with Crippen LogP contribution in [0.2, 0.25) is 0 Å². The largest absolute Gasteiger partial charge is 0.497 e. The van der Waals surface area contributed by atoms with E-state index in [1.54, 1.807) is 6.08 Å². The number of alkyl halides is 1. The van der Waals surface area contributed by atoms with Crippen LogP contribution in [0.25, 0.3) is 6.08 Å². The number of hydrogen-bond acceptors (Lipinski definition) is 1. The minimum Gasteiger partial charge on any atom is -0.497 e. The summed E-state index contributed by atoms with van der Waals surface area (Å²) in [5.41, 5.74) is -0.0507. The molecule has 0 spiro atoms. The summed E-state index contributed by atoms with van der Waals surface area (Å²) in [5, 5.41) is 0.553. The first-order chi connectivity index (χ1) is 6.69. The molecule has 0 aliphatic carbocycles. The van der Waals surface area contributed by atoms with Crippen LogP contribution in [0.1, 0.15) is 5.56 Å². The number of benzene rings is 1. The van der Waals surface area contributed by atoms with E-state index in [4.69, 9.17) is 4.74 Å². The van der Waals surface area contributed by atoms with E-state index >= 15 is 0 Å². The van der Waals surface area contributed by atoms with Gasteiger partial charge in [0.2, 0.25) is 0 Å². The average Bonchev–Trinajstić information content (AvgIpc) is 2.16. The highest BCUT2D eigenvalue weighted by Gasteiger charge is 2.08. The summed E-state index contributed by atoms with van der Waals surface area (Å²) >= 11 is 3.13. The molecule has 0 N–H and O–H groups in total. The minimum atomic E-state index is -0.626. The Balaban J connectivity index is 3.11. The summed E-state index contributed by atoms with van der Waals surface area (Å²) in [7, 11) is 1.36. The maximum atomic E-state index is 13.2. The fourth-order valence-corrected chi connectivity index (χ4v) is 1.19. The molecule has 0 saturated heterocycles. The van der Waals surface area contributed by atoms with Crippen LogP contribution in [0.15, 0.2) is 18.2 Å². The fraction of sp³-hybridized carbons (Fsp3) is 0.200. The second-order valence-corrected chi connectivity index (χ2v) is 3.21. The van der Waals surface area contributed by atoms with E-state index in [-0.39, 0.29) is 11.3 Å². The zero-order valence-corrected chi connectivity index (χ0v) is 9.14. The molecule has 0 bridgehead atoms. The van der Waals surface area contributed by atoms with Gasteiger partial charge in [-0.3, -0.25) is 0 Å². The van der Waals surface area contributed by atoms with Gasteiger partial charge >= 0.3 is 0 Å². The molecule has 0 aromatic heterocycles. The predicted octanol–water partition coefficient (Wildman–Crippen LogP) is 3.38. The molecule has 14 heavy (non-hydrogen) atoms. The first-order valence-electron chi connectivity index (χ1n) is 3.94. The molecule has 0 aliphatic heterocycles. The normalized spacial score (nSPS) is 10.9. The highest BCUT2D eigenvalue weighted by molar-refractivity contribution is 9.09. The Morgan fingerprint density at radius 2 is 1.93 bits per heavy atom. The molecule has 0 aliphatic rings. The summed E-state index contributed by atoms with van der Waals surface area (Å²) in [6.45, 7) is 0. The summed E-state index contributed by atoms with van der Waals surface area (Å²) in [6, 6.07) is 2.30. The number of rotatable bonds is 3. The van der Waals surface area contributed by atoms with Gasteiger partial charge in [-0.05, 0) is 0 Å². The second kappa shape index (κ2) is 5.10. The van der Waals surface area contributed by atoms with Crippen LogP contribution in [-0.4, -0.2) is 12.4 Å². The average molecular weight is 263 g/mol. The second-order valence-electron chi connectivity index (χ2n) is 2.56. The number of halogens is 3. The van der Waals surface area contributed by atoms with Gasteiger partial charge in [0.05, 0.1) is 7.11 Å². The van der Waals surface area contributed by atoms with Gasteiger partial charge in [-0.2, -0.15) is 0 Å². The van der Waals surface area contributed by atoms with Gasteiger partial charge in [0.15, 0.2) is 0 Å². The molecule has 0 radical (unpaired) electrons. The Kier molecular flexibility index (Phi) is 4.07. The Morgan fingerprint density at radius 1 is 1.36 bits per heavy atom. The standard InChI is InChI=1S/C10H9BrF2O/c1-14-7-5-9(12)8(3-2-4-11)10(13)6-7/h2-3,5-6H,4H2,1H3. The van der Waals surface area contributed by atoms with Gasteiger partial charge in [-0.1, -0.05) is 28.1 Å². The highest BCUT2D eigenvalue weighted by atomic mass is 79.9. The molecule has 0 unspecified atom stereocenters. The monoisotopic (exact) mass is 262 g/mol. The van der Waals surface area contributed by atoms with E-state index < -0.39 is 11.6 Å². The maximum absolute atomic E-state index is 13.2. The molecule has 1 aromatic rings. The van der Waals surface area contributed by atoms with Crippen LogP contribution in [-0.2, 0) is 0 Å². The van der Waals surface area contributed by atoms with E-state index in [1.165, 1.54) is 13.2 Å². The molecule has 4 heteroatoms. The first kappa shape index (κ1) is 11.2. The Hall–Kier alpha value is -0.900. The summed E-state index contributed by atoms with van der Waals surface area (Å²) in [6.07, 6.45) is 3.01. The number of allylic oxidation sites excluding steroid dienone is 1. The zero-order valence-electron chi connectivity index (χ0n) is 7.56. The Labute approximate surface area is 89.5 Å². The van der Waals surface area contributed by atoms with Crippen molar-refractivity contribution < 1.29 is 13.5 Å². The SMILES string of the molecule is COc1cc(F)c(C=CCBr)c(F)c1. The third-order valence-corrected chi connectivity index (χ3v) is 2.04. The van der Waals surface area contributed by atoms with Crippen molar-refractivity contribution in [3.63, 3.8) is 0 Å². The summed E-state index contributed by atoms with van der Waals surface area (Å²) in [5.74, 6) is -1.07. The van der Waals surface area contributed by atoms with Crippen LogP contribution in [0.3, 0.4) is 0 Å². The lowest BCUT2D eigenvalue weighted by atomic mass is 10.2. The van der Waals surface area contributed by atoms with Crippen LogP contribution in [0.4, 0.5) is 8.78 Å². The van der Waals surface area contributed by atoms with E-state index in [0.717, 1.165) is 12.1 Å². The molecule has 0 atom stereocenters. The quantitative estimate of drug-likeness (QED) is 0.759. The number of ether oxygens (including phenoxy) is 1. The summed E-state index contributed by atoms with van der Waals surface area (Å²) in [4.78, 5) is 0. The molecule has 1 nitrogen and oxygen atoms in total. The molecule has 0 amide bonds. The van der Waals surface area contributed by atoms with Crippen molar-refractivity contribution in [2.24, 2.45) is 0 Å². The number of hydrogen-bond donors (Lipinski definition) is 0. The predicted molar refractivity (Wildman–Crippen MR) is 55.7 cm³/mol. The lowest BCUT2D eigenvalue weighted by molar-refractivity contribution is 0.406. The molecular weight excluding hydrogens is 254 g/mol. The fourth-order valence-electron chi connectivity index (χ4n) is 1.00. The third-order valence-electron chi connectivity index (χ3n) is 1.66. The minimum absolute atomic E-state index is 0.0507. The maximum Gasteiger partial charge on any atom is 0.137 e. The van der Waals surface area contributed by atoms with E-state index in [0.29, 0.717) is 5.33 Å². The molecule has 76 valence electrons. The highest BCUT2D eigenvalue weighted by Crippen LogP contribution is 2.21. The van der Waals surface area contributed by atoms with E-state index in [2.05, 4.69) is 15.9 Å². The Morgan fingerprint density at radius 3 is 2.36 bits per heavy atom. The van der Waals surface area contributed by atoms with E-state index in [1.807, 2.05) is 0 Å². The summed E-state index contributed by atoms with van der Waals surface area (Å²) < 4.78 is 31.2. The molecule has 1 rings (SSSR count). The van der Waals surface area contributed by atoms with Crippen molar-refractivity contribution >= 4 is 22.0 Å². The molecule has 0 saturated carbocycles. The van der Waals surface area contributed by atoms with Gasteiger partial charge < -0.3 is 4.74 Å². The van der Waals surface area contributed by atoms with Gasteiger partial charge in [-0.15, -0.1) is 0 Å². The van der Waals surface area contributed by atoms with E-state index in [9.17, 15) is 8.78 Å². The van der Waals surface area contributed by atoms with Crippen molar-refractivity contribution in [1.29, 1.82) is 0 Å². The van der Waals surface area contributed by atoms with Crippen LogP contribution in [0.5, 0.6) is 5.75 Å². The van der Waals surface area contributed by atoms with Gasteiger partial charge in [-0.25, -0.2) is 8.78 Å². The van der Waals surface area contributed by atoms with Crippen molar-refractivity contribution in [2.45, 2.75) is 0 Å². The van der Waals surface area contributed by atoms with Crippen molar-refractivity contribution in [1.82, 2.24) is 0 Å². The topological polar surface area (TPSA) is 9.23 Å². The lowest BCUT2D eigenvalue weighted by Gasteiger charge is -2.03. The van der Waals surface area contributed by atoms with Crippen LogP contribution in [0, 0.1) is 11.6 Å². The smallest absolute Gasteiger partial charge is 0.137 e. The van der Waals surface area contributed by atoms with Gasteiger partial charge in [0, 0.05) is 23.0 Å². The van der Waals surface area contributed by atoms with Crippen molar-refractivity contribution in [2.75, 3.05) is 12.4 Å². The van der Waals surface area contributed by atoms with Crippen LogP contribution >= 0.6 is 15.9 Å². The Bertz CT molecular complexity index is 327. The zero-order chi connectivity index (χ0) is 10.6. The molecule has 0 heterocycles. The lowest BCUT2D eigenvalue weighted by Crippen LogP contribution is -1.92. The van der Waals surface area contributed by atoms with Gasteiger partial charge in [0.25, 0.3) is 0 Å². The molecule has 0 fully saturated rings. The first-order valence-corrected chi connectivity index (χ1v) is 5.06. The van der Waals surface area contributed by atoms with Gasteiger partial charge in [0.1, 0.15) is 17.4 Å². The number of methoxy groups -OCH3 is 1. The molecule has 1 aromatic carbocycles. The van der Waals surface area contributed by atoms with Crippen LogP contribution < -0.4 is 4.74 Å². The van der Waals surface area contributed by atoms with Crippen molar-refractivity contribution in [3.8, 4) is 5.75 Å². The molecular formula is C10H9BrF2O. The third kappa shape index (κ3) is 2.54. The van der Waals surface area contributed by atoms with Crippen molar-refractivity contribution in [3.05, 3.63) is 35.4 Å².